The molecular formula is C13H16F3N3O2. The van der Waals surface area contributed by atoms with Gasteiger partial charge in [-0.2, -0.15) is 13.2 Å². The number of nitrogens with zero attached hydrogens (tertiary/aromatic N) is 3. The fourth-order valence-electron chi connectivity index (χ4n) is 2.49. The van der Waals surface area contributed by atoms with Gasteiger partial charge < -0.3 is 10.0 Å². The van der Waals surface area contributed by atoms with E-state index in [-0.39, 0.29) is 18.3 Å². The zero-order chi connectivity index (χ0) is 15.6. The number of rotatable bonds is 2. The molecule has 0 spiro atoms. The molecule has 0 saturated carbocycles. The first kappa shape index (κ1) is 15.7. The van der Waals surface area contributed by atoms with Crippen LogP contribution in [0.25, 0.3) is 0 Å². The minimum atomic E-state index is -4.52. The maximum absolute atomic E-state index is 12.8. The summed E-state index contributed by atoms with van der Waals surface area (Å²) in [4.78, 5) is 20.4. The average Bonchev–Trinajstić information content (AvgIpc) is 2.45. The quantitative estimate of drug-likeness (QED) is 0.899. The number of carbonyl (C=O) groups excluding carboxylic acids is 1. The van der Waals surface area contributed by atoms with E-state index in [1.54, 1.807) is 0 Å². The lowest BCUT2D eigenvalue weighted by Crippen LogP contribution is -2.40. The topological polar surface area (TPSA) is 66.3 Å². The Hall–Kier alpha value is -1.70. The molecule has 2 heterocycles. The molecule has 5 nitrogen and oxygen atoms in total. The number of hydrogen-bond donors (Lipinski definition) is 1. The van der Waals surface area contributed by atoms with Gasteiger partial charge in [0, 0.05) is 24.7 Å². The smallest absolute Gasteiger partial charge is 0.387 e. The standard InChI is InChI=1S/C13H16F3N3O2/c1-8-17-10(5-11(18-8)13(14,15)16)9-3-2-4-19(6-9)12(21)7-20/h5,9,20H,2-4,6-7H2,1H3. The van der Waals surface area contributed by atoms with Gasteiger partial charge in [-0.1, -0.05) is 0 Å². The SMILES string of the molecule is Cc1nc(C2CCCN(C(=O)CO)C2)cc(C(F)(F)F)n1. The summed E-state index contributed by atoms with van der Waals surface area (Å²) in [6.45, 7) is 1.60. The van der Waals surface area contributed by atoms with Crippen molar-refractivity contribution >= 4 is 5.91 Å². The number of aryl methyl sites for hydroxylation is 1. The van der Waals surface area contributed by atoms with Gasteiger partial charge in [-0.25, -0.2) is 9.97 Å². The first-order valence-corrected chi connectivity index (χ1v) is 6.62. The maximum Gasteiger partial charge on any atom is 0.433 e. The highest BCUT2D eigenvalue weighted by Gasteiger charge is 2.34. The zero-order valence-electron chi connectivity index (χ0n) is 11.5. The summed E-state index contributed by atoms with van der Waals surface area (Å²) >= 11 is 0. The number of piperidine rings is 1. The molecule has 1 aromatic heterocycles. The van der Waals surface area contributed by atoms with Crippen LogP contribution >= 0.6 is 0 Å². The molecular weight excluding hydrogens is 287 g/mol. The van der Waals surface area contributed by atoms with E-state index in [0.29, 0.717) is 25.1 Å². The van der Waals surface area contributed by atoms with E-state index in [4.69, 9.17) is 5.11 Å². The lowest BCUT2D eigenvalue weighted by Gasteiger charge is -2.32. The Morgan fingerprint density at radius 2 is 2.19 bits per heavy atom. The molecule has 1 atom stereocenters. The number of aliphatic hydroxyl groups is 1. The summed E-state index contributed by atoms with van der Waals surface area (Å²) in [7, 11) is 0. The summed E-state index contributed by atoms with van der Waals surface area (Å²) in [5, 5.41) is 8.87. The number of hydrogen-bond acceptors (Lipinski definition) is 4. The molecule has 1 amide bonds. The molecule has 116 valence electrons. The lowest BCUT2D eigenvalue weighted by atomic mass is 9.94. The number of likely N-dealkylation sites (tertiary alicyclic amines) is 1. The fourth-order valence-corrected chi connectivity index (χ4v) is 2.49. The molecule has 1 fully saturated rings. The Balaban J connectivity index is 2.25. The van der Waals surface area contributed by atoms with Crippen LogP contribution in [0.4, 0.5) is 13.2 Å². The molecule has 2 rings (SSSR count). The van der Waals surface area contributed by atoms with Crippen LogP contribution in [-0.4, -0.2) is 45.6 Å². The number of amides is 1. The monoisotopic (exact) mass is 303 g/mol. The molecule has 1 aromatic rings. The Morgan fingerprint density at radius 1 is 1.48 bits per heavy atom. The molecule has 0 aromatic carbocycles. The van der Waals surface area contributed by atoms with E-state index >= 15 is 0 Å². The van der Waals surface area contributed by atoms with Crippen LogP contribution < -0.4 is 0 Å². The van der Waals surface area contributed by atoms with Crippen molar-refractivity contribution in [3.63, 3.8) is 0 Å². The van der Waals surface area contributed by atoms with E-state index in [1.807, 2.05) is 0 Å². The normalized spacial score (nSPS) is 19.7. The van der Waals surface area contributed by atoms with Gasteiger partial charge in [0.15, 0.2) is 0 Å². The molecule has 8 heteroatoms. The van der Waals surface area contributed by atoms with Gasteiger partial charge >= 0.3 is 6.18 Å². The van der Waals surface area contributed by atoms with Crippen LogP contribution in [-0.2, 0) is 11.0 Å². The van der Waals surface area contributed by atoms with Crippen molar-refractivity contribution in [1.82, 2.24) is 14.9 Å². The fraction of sp³-hybridized carbons (Fsp3) is 0.615. The first-order chi connectivity index (χ1) is 9.81. The average molecular weight is 303 g/mol. The second-order valence-electron chi connectivity index (χ2n) is 5.06. The molecule has 1 aliphatic rings. The van der Waals surface area contributed by atoms with Crippen molar-refractivity contribution in [3.8, 4) is 0 Å². The Bertz CT molecular complexity index is 534. The third-order valence-electron chi connectivity index (χ3n) is 3.48. The largest absolute Gasteiger partial charge is 0.433 e. The zero-order valence-corrected chi connectivity index (χ0v) is 11.5. The first-order valence-electron chi connectivity index (χ1n) is 6.62. The van der Waals surface area contributed by atoms with E-state index in [0.717, 1.165) is 6.07 Å². The summed E-state index contributed by atoms with van der Waals surface area (Å²) in [5.74, 6) is -0.621. The minimum Gasteiger partial charge on any atom is -0.387 e. The second kappa shape index (κ2) is 5.97. The Labute approximate surface area is 119 Å². The molecule has 1 unspecified atom stereocenters. The predicted molar refractivity (Wildman–Crippen MR) is 67.4 cm³/mol. The number of aromatic nitrogens is 2. The molecule has 21 heavy (non-hydrogen) atoms. The Kier molecular flexibility index (Phi) is 4.46. The number of alkyl halides is 3. The van der Waals surface area contributed by atoms with Crippen LogP contribution in [0.15, 0.2) is 6.07 Å². The van der Waals surface area contributed by atoms with Crippen molar-refractivity contribution in [2.24, 2.45) is 0 Å². The number of halogens is 3. The van der Waals surface area contributed by atoms with Gasteiger partial charge in [-0.3, -0.25) is 4.79 Å². The third kappa shape index (κ3) is 3.69. The summed E-state index contributed by atoms with van der Waals surface area (Å²) < 4.78 is 38.4. The van der Waals surface area contributed by atoms with Crippen LogP contribution in [0.2, 0.25) is 0 Å². The van der Waals surface area contributed by atoms with Crippen LogP contribution in [0, 0.1) is 6.92 Å². The minimum absolute atomic E-state index is 0.0606. The van der Waals surface area contributed by atoms with Gasteiger partial charge in [0.1, 0.15) is 18.1 Å². The van der Waals surface area contributed by atoms with Crippen LogP contribution in [0.3, 0.4) is 0 Å². The van der Waals surface area contributed by atoms with Gasteiger partial charge in [0.25, 0.3) is 0 Å². The van der Waals surface area contributed by atoms with E-state index in [1.165, 1.54) is 11.8 Å². The summed E-state index contributed by atoms with van der Waals surface area (Å²) in [6.07, 6.45) is -3.19. The molecule has 0 aliphatic carbocycles. The molecule has 0 radical (unpaired) electrons. The van der Waals surface area contributed by atoms with E-state index < -0.39 is 24.4 Å². The summed E-state index contributed by atoms with van der Waals surface area (Å²) in [6, 6.07) is 0.949. The molecule has 1 saturated heterocycles. The van der Waals surface area contributed by atoms with Gasteiger partial charge in [0.2, 0.25) is 5.91 Å². The highest BCUT2D eigenvalue weighted by Crippen LogP contribution is 2.31. The van der Waals surface area contributed by atoms with Gasteiger partial charge in [-0.15, -0.1) is 0 Å². The summed E-state index contributed by atoms with van der Waals surface area (Å²) in [5.41, 5.74) is -0.666. The number of carbonyl (C=O) groups is 1. The van der Waals surface area contributed by atoms with Gasteiger partial charge in [-0.05, 0) is 25.8 Å². The molecule has 1 aliphatic heterocycles. The third-order valence-corrected chi connectivity index (χ3v) is 3.48. The predicted octanol–water partition coefficient (Wildman–Crippen LogP) is 1.50. The highest BCUT2D eigenvalue weighted by molar-refractivity contribution is 5.77. The molecule has 0 bridgehead atoms. The van der Waals surface area contributed by atoms with Crippen molar-refractivity contribution in [2.75, 3.05) is 19.7 Å². The number of aliphatic hydroxyl groups excluding tert-OH is 1. The van der Waals surface area contributed by atoms with Gasteiger partial charge in [0.05, 0.1) is 0 Å². The van der Waals surface area contributed by atoms with Crippen LogP contribution in [0.5, 0.6) is 0 Å². The highest BCUT2D eigenvalue weighted by atomic mass is 19.4. The maximum atomic E-state index is 12.8. The van der Waals surface area contributed by atoms with Crippen molar-refractivity contribution in [1.29, 1.82) is 0 Å². The van der Waals surface area contributed by atoms with Crippen molar-refractivity contribution in [2.45, 2.75) is 31.9 Å². The van der Waals surface area contributed by atoms with Crippen molar-refractivity contribution in [3.05, 3.63) is 23.3 Å². The van der Waals surface area contributed by atoms with Crippen molar-refractivity contribution < 1.29 is 23.1 Å². The lowest BCUT2D eigenvalue weighted by molar-refractivity contribution is -0.141. The second-order valence-corrected chi connectivity index (χ2v) is 5.06. The molecule has 1 N–H and O–H groups in total. The van der Waals surface area contributed by atoms with E-state index in [2.05, 4.69) is 9.97 Å². The Morgan fingerprint density at radius 3 is 2.81 bits per heavy atom. The van der Waals surface area contributed by atoms with E-state index in [9.17, 15) is 18.0 Å². The van der Waals surface area contributed by atoms with Crippen LogP contribution in [0.1, 0.15) is 36.0 Å².